The highest BCUT2D eigenvalue weighted by molar-refractivity contribution is 5.62. The van der Waals surface area contributed by atoms with E-state index >= 15 is 0 Å². The summed E-state index contributed by atoms with van der Waals surface area (Å²) >= 11 is 0. The van der Waals surface area contributed by atoms with E-state index in [2.05, 4.69) is 27.0 Å². The Labute approximate surface area is 134 Å². The van der Waals surface area contributed by atoms with Crippen LogP contribution >= 0.6 is 0 Å². The predicted octanol–water partition coefficient (Wildman–Crippen LogP) is 2.35. The molecule has 0 aromatic carbocycles. The van der Waals surface area contributed by atoms with Gasteiger partial charge in [-0.15, -0.1) is 0 Å². The summed E-state index contributed by atoms with van der Waals surface area (Å²) in [4.78, 5) is 24.0. The molecule has 120 valence electrons. The molecule has 0 fully saturated rings. The second-order valence-electron chi connectivity index (χ2n) is 5.77. The van der Waals surface area contributed by atoms with Gasteiger partial charge in [0.1, 0.15) is 6.33 Å². The fraction of sp³-hybridized carbons (Fsp3) is 0.375. The normalized spacial score (nSPS) is 11.3. The molecule has 0 bridgehead atoms. The molecule has 0 aliphatic rings. The Morgan fingerprint density at radius 2 is 2.17 bits per heavy atom. The lowest BCUT2D eigenvalue weighted by Crippen LogP contribution is -2.20. The van der Waals surface area contributed by atoms with E-state index in [1.54, 1.807) is 29.5 Å². The van der Waals surface area contributed by atoms with Gasteiger partial charge in [0.05, 0.1) is 11.9 Å². The number of H-pyrrole nitrogens is 1. The molecule has 7 heteroatoms. The van der Waals surface area contributed by atoms with E-state index in [0.717, 1.165) is 18.5 Å². The molecule has 0 amide bonds. The molecule has 0 aliphatic carbocycles. The van der Waals surface area contributed by atoms with Crippen LogP contribution in [0.1, 0.15) is 38.7 Å². The third-order valence-electron chi connectivity index (χ3n) is 3.63. The maximum atomic E-state index is 12.5. The van der Waals surface area contributed by atoms with E-state index in [0.29, 0.717) is 17.2 Å². The number of aromatic nitrogens is 6. The summed E-state index contributed by atoms with van der Waals surface area (Å²) in [5.74, 6) is 0.516. The highest BCUT2D eigenvalue weighted by atomic mass is 16.1. The van der Waals surface area contributed by atoms with Crippen LogP contribution in [-0.2, 0) is 6.54 Å². The Morgan fingerprint density at radius 1 is 1.35 bits per heavy atom. The first kappa shape index (κ1) is 15.2. The Balaban J connectivity index is 2.17. The van der Waals surface area contributed by atoms with Crippen molar-refractivity contribution in [2.45, 2.75) is 39.7 Å². The molecule has 0 aliphatic heterocycles. The summed E-state index contributed by atoms with van der Waals surface area (Å²) in [6, 6.07) is 0. The van der Waals surface area contributed by atoms with Gasteiger partial charge in [-0.25, -0.2) is 9.97 Å². The van der Waals surface area contributed by atoms with Crippen molar-refractivity contribution >= 4 is 0 Å². The van der Waals surface area contributed by atoms with Crippen molar-refractivity contribution in [3.63, 3.8) is 0 Å². The van der Waals surface area contributed by atoms with Gasteiger partial charge in [0.15, 0.2) is 0 Å². The van der Waals surface area contributed by atoms with Crippen LogP contribution in [0, 0.1) is 0 Å². The van der Waals surface area contributed by atoms with Crippen molar-refractivity contribution in [1.82, 2.24) is 29.3 Å². The number of rotatable bonds is 5. The minimum absolute atomic E-state index is 0.0626. The summed E-state index contributed by atoms with van der Waals surface area (Å²) in [6.07, 6.45) is 9.71. The van der Waals surface area contributed by atoms with Gasteiger partial charge in [-0.2, -0.15) is 5.10 Å². The van der Waals surface area contributed by atoms with Crippen LogP contribution in [0.4, 0.5) is 0 Å². The molecular formula is C16H20N6O. The quantitative estimate of drug-likeness (QED) is 0.784. The fourth-order valence-electron chi connectivity index (χ4n) is 2.57. The van der Waals surface area contributed by atoms with Gasteiger partial charge in [0.25, 0.3) is 5.56 Å². The molecule has 3 aromatic heterocycles. The van der Waals surface area contributed by atoms with Crippen LogP contribution in [0.3, 0.4) is 0 Å². The van der Waals surface area contributed by atoms with Gasteiger partial charge in [-0.05, 0) is 12.3 Å². The van der Waals surface area contributed by atoms with Crippen LogP contribution in [0.15, 0.2) is 35.9 Å². The first-order chi connectivity index (χ1) is 11.1. The van der Waals surface area contributed by atoms with E-state index in [-0.39, 0.29) is 11.5 Å². The lowest BCUT2D eigenvalue weighted by Gasteiger charge is -2.11. The molecule has 1 N–H and O–H groups in total. The topological polar surface area (TPSA) is 81.4 Å². The third-order valence-corrected chi connectivity index (χ3v) is 3.63. The largest absolute Gasteiger partial charge is 0.292 e. The summed E-state index contributed by atoms with van der Waals surface area (Å²) < 4.78 is 3.56. The predicted molar refractivity (Wildman–Crippen MR) is 87.6 cm³/mol. The maximum absolute atomic E-state index is 12.5. The van der Waals surface area contributed by atoms with E-state index < -0.39 is 0 Å². The molecule has 0 spiro atoms. The van der Waals surface area contributed by atoms with Gasteiger partial charge in [0, 0.05) is 36.3 Å². The van der Waals surface area contributed by atoms with Crippen LogP contribution in [0.2, 0.25) is 0 Å². The van der Waals surface area contributed by atoms with Crippen molar-refractivity contribution in [3.05, 3.63) is 47.0 Å². The minimum atomic E-state index is -0.128. The van der Waals surface area contributed by atoms with Gasteiger partial charge in [-0.1, -0.05) is 20.8 Å². The minimum Gasteiger partial charge on any atom is -0.292 e. The van der Waals surface area contributed by atoms with E-state index in [4.69, 9.17) is 0 Å². The van der Waals surface area contributed by atoms with Gasteiger partial charge >= 0.3 is 0 Å². The second kappa shape index (κ2) is 6.20. The van der Waals surface area contributed by atoms with E-state index in [1.165, 1.54) is 0 Å². The second-order valence-corrected chi connectivity index (χ2v) is 5.77. The maximum Gasteiger partial charge on any atom is 0.256 e. The molecule has 3 aromatic rings. The average molecular weight is 312 g/mol. The Kier molecular flexibility index (Phi) is 4.10. The molecule has 0 atom stereocenters. The Hall–Kier alpha value is -2.70. The van der Waals surface area contributed by atoms with Gasteiger partial charge < -0.3 is 0 Å². The standard InChI is InChI=1S/C16H20N6O/c1-4-6-22-9-12(8-18-22)14-13(11(2)3)15(23)20-16(19-14)21-7-5-17-10-21/h5,7-11H,4,6H2,1-3H3,(H,19,20,23). The van der Waals surface area contributed by atoms with Crippen LogP contribution in [-0.4, -0.2) is 29.3 Å². The molecule has 0 radical (unpaired) electrons. The summed E-state index contributed by atoms with van der Waals surface area (Å²) in [5.41, 5.74) is 2.08. The van der Waals surface area contributed by atoms with Crippen LogP contribution in [0.25, 0.3) is 17.2 Å². The first-order valence-corrected chi connectivity index (χ1v) is 7.75. The van der Waals surface area contributed by atoms with Gasteiger partial charge in [-0.3, -0.25) is 19.0 Å². The lowest BCUT2D eigenvalue weighted by atomic mass is 10.0. The zero-order valence-electron chi connectivity index (χ0n) is 13.5. The number of imidazole rings is 1. The number of aromatic amines is 1. The lowest BCUT2D eigenvalue weighted by molar-refractivity contribution is 0.603. The zero-order valence-corrected chi connectivity index (χ0v) is 13.5. The Morgan fingerprint density at radius 3 is 2.83 bits per heavy atom. The monoisotopic (exact) mass is 312 g/mol. The molecule has 3 rings (SSSR count). The number of aryl methyl sites for hydroxylation is 1. The number of nitrogens with zero attached hydrogens (tertiary/aromatic N) is 5. The molecule has 23 heavy (non-hydrogen) atoms. The SMILES string of the molecule is CCCn1cc(-c2nc(-n3ccnc3)[nH]c(=O)c2C(C)C)cn1. The summed E-state index contributed by atoms with van der Waals surface area (Å²) in [6.45, 7) is 6.92. The number of hydrogen-bond donors (Lipinski definition) is 1. The molecule has 0 saturated carbocycles. The van der Waals surface area contributed by atoms with Crippen LogP contribution < -0.4 is 5.56 Å². The molecule has 7 nitrogen and oxygen atoms in total. The zero-order chi connectivity index (χ0) is 16.4. The van der Waals surface area contributed by atoms with E-state index in [1.807, 2.05) is 24.7 Å². The molecule has 0 saturated heterocycles. The van der Waals surface area contributed by atoms with Gasteiger partial charge in [0.2, 0.25) is 5.95 Å². The molecular weight excluding hydrogens is 292 g/mol. The smallest absolute Gasteiger partial charge is 0.256 e. The number of hydrogen-bond acceptors (Lipinski definition) is 4. The van der Waals surface area contributed by atoms with E-state index in [9.17, 15) is 4.79 Å². The summed E-state index contributed by atoms with van der Waals surface area (Å²) in [5, 5.41) is 4.35. The van der Waals surface area contributed by atoms with Crippen molar-refractivity contribution < 1.29 is 0 Å². The first-order valence-electron chi connectivity index (χ1n) is 7.75. The molecule has 0 unspecified atom stereocenters. The van der Waals surface area contributed by atoms with Crippen molar-refractivity contribution in [3.8, 4) is 17.2 Å². The molecule has 3 heterocycles. The highest BCUT2D eigenvalue weighted by Gasteiger charge is 2.18. The fourth-order valence-corrected chi connectivity index (χ4v) is 2.57. The van der Waals surface area contributed by atoms with Crippen molar-refractivity contribution in [2.24, 2.45) is 0 Å². The Bertz CT molecular complexity index is 844. The number of nitrogens with one attached hydrogen (secondary N) is 1. The third kappa shape index (κ3) is 2.94. The van der Waals surface area contributed by atoms with Crippen molar-refractivity contribution in [2.75, 3.05) is 0 Å². The van der Waals surface area contributed by atoms with Crippen LogP contribution in [0.5, 0.6) is 0 Å². The highest BCUT2D eigenvalue weighted by Crippen LogP contribution is 2.24. The average Bonchev–Trinajstić information content (AvgIpc) is 3.18. The summed E-state index contributed by atoms with van der Waals surface area (Å²) in [7, 11) is 0. The van der Waals surface area contributed by atoms with Crippen molar-refractivity contribution in [1.29, 1.82) is 0 Å².